The number of rotatable bonds is 3. The van der Waals surface area contributed by atoms with Gasteiger partial charge in [-0.05, 0) is 36.4 Å². The maximum atomic E-state index is 12.7. The number of benzene rings is 2. The molecular weight excluding hydrogens is 357 g/mol. The number of hydrogen-bond donors (Lipinski definition) is 2. The molecule has 136 valence electrons. The fourth-order valence-electron chi connectivity index (χ4n) is 2.63. The standard InChI is InChI=1S/C18H13F3N6/c19-18(20,21)11-6-8-12(9-7-11)24-17-25-15(22)14-16(26-17)27(10-23-14)13-4-2-1-3-5-13/h1-10H,(H3,22,24,25,26). The Balaban J connectivity index is 1.70. The van der Waals surface area contributed by atoms with E-state index in [1.54, 1.807) is 10.9 Å². The summed E-state index contributed by atoms with van der Waals surface area (Å²) in [6, 6.07) is 14.0. The number of anilines is 3. The number of fused-ring (bicyclic) bond motifs is 1. The Morgan fingerprint density at radius 2 is 1.63 bits per heavy atom. The molecule has 0 spiro atoms. The van der Waals surface area contributed by atoms with Gasteiger partial charge in [-0.2, -0.15) is 23.1 Å². The highest BCUT2D eigenvalue weighted by Gasteiger charge is 2.29. The molecule has 4 rings (SSSR count). The van der Waals surface area contributed by atoms with E-state index in [0.717, 1.165) is 17.8 Å². The van der Waals surface area contributed by atoms with Crippen molar-refractivity contribution in [2.24, 2.45) is 0 Å². The normalized spacial score (nSPS) is 11.7. The highest BCUT2D eigenvalue weighted by molar-refractivity contribution is 5.84. The van der Waals surface area contributed by atoms with Crippen LogP contribution >= 0.6 is 0 Å². The smallest absolute Gasteiger partial charge is 0.382 e. The van der Waals surface area contributed by atoms with Crippen molar-refractivity contribution < 1.29 is 13.2 Å². The van der Waals surface area contributed by atoms with Gasteiger partial charge in [-0.1, -0.05) is 18.2 Å². The summed E-state index contributed by atoms with van der Waals surface area (Å²) in [6.45, 7) is 0. The van der Waals surface area contributed by atoms with Crippen LogP contribution in [0.4, 0.5) is 30.6 Å². The molecule has 0 aliphatic rings. The highest BCUT2D eigenvalue weighted by atomic mass is 19.4. The number of aromatic nitrogens is 4. The molecule has 0 atom stereocenters. The van der Waals surface area contributed by atoms with Gasteiger partial charge in [0, 0.05) is 11.4 Å². The zero-order chi connectivity index (χ0) is 19.0. The van der Waals surface area contributed by atoms with Gasteiger partial charge in [0.15, 0.2) is 17.0 Å². The molecule has 0 unspecified atom stereocenters. The molecule has 9 heteroatoms. The van der Waals surface area contributed by atoms with Gasteiger partial charge < -0.3 is 11.1 Å². The van der Waals surface area contributed by atoms with Crippen molar-refractivity contribution >= 4 is 28.6 Å². The van der Waals surface area contributed by atoms with Gasteiger partial charge in [-0.25, -0.2) is 4.98 Å². The molecule has 0 amide bonds. The number of para-hydroxylation sites is 1. The van der Waals surface area contributed by atoms with E-state index in [-0.39, 0.29) is 11.8 Å². The van der Waals surface area contributed by atoms with Crippen LogP contribution in [-0.2, 0) is 6.18 Å². The van der Waals surface area contributed by atoms with Crippen molar-refractivity contribution in [1.29, 1.82) is 0 Å². The summed E-state index contributed by atoms with van der Waals surface area (Å²) < 4.78 is 39.8. The minimum Gasteiger partial charge on any atom is -0.382 e. The third-order valence-electron chi connectivity index (χ3n) is 3.93. The second-order valence-corrected chi connectivity index (χ2v) is 5.75. The quantitative estimate of drug-likeness (QED) is 0.566. The molecule has 0 fully saturated rings. The van der Waals surface area contributed by atoms with Gasteiger partial charge in [0.2, 0.25) is 5.95 Å². The minimum atomic E-state index is -4.39. The fraction of sp³-hybridized carbons (Fsp3) is 0.0556. The fourth-order valence-corrected chi connectivity index (χ4v) is 2.63. The van der Waals surface area contributed by atoms with Crippen LogP contribution in [0, 0.1) is 0 Å². The first-order valence-electron chi connectivity index (χ1n) is 7.92. The Morgan fingerprint density at radius 3 is 2.30 bits per heavy atom. The number of nitrogens with two attached hydrogens (primary N) is 1. The molecule has 27 heavy (non-hydrogen) atoms. The summed E-state index contributed by atoms with van der Waals surface area (Å²) in [5.41, 5.74) is 7.42. The lowest BCUT2D eigenvalue weighted by molar-refractivity contribution is -0.137. The first kappa shape index (κ1) is 16.8. The van der Waals surface area contributed by atoms with E-state index in [2.05, 4.69) is 20.3 Å². The largest absolute Gasteiger partial charge is 0.416 e. The Bertz CT molecular complexity index is 1090. The molecule has 0 radical (unpaired) electrons. The average Bonchev–Trinajstić information content (AvgIpc) is 3.07. The zero-order valence-corrected chi connectivity index (χ0v) is 13.8. The molecular formula is C18H13F3N6. The van der Waals surface area contributed by atoms with Crippen LogP contribution in [0.2, 0.25) is 0 Å². The molecule has 4 aromatic rings. The number of nitrogens with zero attached hydrogens (tertiary/aromatic N) is 4. The van der Waals surface area contributed by atoms with E-state index in [0.29, 0.717) is 16.9 Å². The van der Waals surface area contributed by atoms with Crippen LogP contribution in [0.1, 0.15) is 5.56 Å². The van der Waals surface area contributed by atoms with Gasteiger partial charge in [0.05, 0.1) is 5.56 Å². The number of nitrogens with one attached hydrogen (secondary N) is 1. The van der Waals surface area contributed by atoms with E-state index in [9.17, 15) is 13.2 Å². The first-order chi connectivity index (χ1) is 12.9. The number of hydrogen-bond acceptors (Lipinski definition) is 5. The molecule has 0 saturated heterocycles. The summed E-state index contributed by atoms with van der Waals surface area (Å²) in [4.78, 5) is 12.8. The Morgan fingerprint density at radius 1 is 0.926 bits per heavy atom. The SMILES string of the molecule is Nc1nc(Nc2ccc(C(F)(F)F)cc2)nc2c1ncn2-c1ccccc1. The number of nitrogen functional groups attached to an aromatic ring is 1. The monoisotopic (exact) mass is 370 g/mol. The summed E-state index contributed by atoms with van der Waals surface area (Å²) in [6.07, 6.45) is -2.80. The van der Waals surface area contributed by atoms with Gasteiger partial charge in [0.1, 0.15) is 6.33 Å². The van der Waals surface area contributed by atoms with Crippen molar-refractivity contribution in [1.82, 2.24) is 19.5 Å². The predicted octanol–water partition coefficient (Wildman–Crippen LogP) is 4.16. The third-order valence-corrected chi connectivity index (χ3v) is 3.93. The van der Waals surface area contributed by atoms with Crippen LogP contribution in [0.25, 0.3) is 16.9 Å². The van der Waals surface area contributed by atoms with Crippen LogP contribution in [0.15, 0.2) is 60.9 Å². The molecule has 0 saturated carbocycles. The van der Waals surface area contributed by atoms with Crippen molar-refractivity contribution in [3.63, 3.8) is 0 Å². The van der Waals surface area contributed by atoms with Crippen LogP contribution in [0.3, 0.4) is 0 Å². The van der Waals surface area contributed by atoms with Crippen LogP contribution < -0.4 is 11.1 Å². The maximum Gasteiger partial charge on any atom is 0.416 e. The first-order valence-corrected chi connectivity index (χ1v) is 7.92. The molecule has 0 aliphatic carbocycles. The minimum absolute atomic E-state index is 0.164. The molecule has 2 heterocycles. The lowest BCUT2D eigenvalue weighted by Crippen LogP contribution is -2.05. The topological polar surface area (TPSA) is 81.7 Å². The molecule has 2 aromatic heterocycles. The Kier molecular flexibility index (Phi) is 3.91. The van der Waals surface area contributed by atoms with Crippen LogP contribution in [-0.4, -0.2) is 19.5 Å². The lowest BCUT2D eigenvalue weighted by atomic mass is 10.2. The van der Waals surface area contributed by atoms with E-state index in [1.807, 2.05) is 30.3 Å². The number of alkyl halides is 3. The molecule has 0 bridgehead atoms. The Labute approximate surface area is 151 Å². The number of imidazole rings is 1. The third kappa shape index (κ3) is 3.26. The molecule has 0 aliphatic heterocycles. The lowest BCUT2D eigenvalue weighted by Gasteiger charge is -2.10. The van der Waals surface area contributed by atoms with E-state index >= 15 is 0 Å². The van der Waals surface area contributed by atoms with E-state index in [1.165, 1.54) is 12.1 Å². The van der Waals surface area contributed by atoms with Crippen molar-refractivity contribution in [2.45, 2.75) is 6.18 Å². The Hall–Kier alpha value is -3.62. The summed E-state index contributed by atoms with van der Waals surface area (Å²) in [5, 5.41) is 2.87. The summed E-state index contributed by atoms with van der Waals surface area (Å²) in [5.74, 6) is 0.335. The van der Waals surface area contributed by atoms with Gasteiger partial charge in [-0.15, -0.1) is 0 Å². The van der Waals surface area contributed by atoms with Gasteiger partial charge >= 0.3 is 6.18 Å². The predicted molar refractivity (Wildman–Crippen MR) is 95.8 cm³/mol. The number of halogens is 3. The highest BCUT2D eigenvalue weighted by Crippen LogP contribution is 2.30. The second-order valence-electron chi connectivity index (χ2n) is 5.75. The maximum absolute atomic E-state index is 12.7. The van der Waals surface area contributed by atoms with Crippen molar-refractivity contribution in [2.75, 3.05) is 11.1 Å². The van der Waals surface area contributed by atoms with Crippen molar-refractivity contribution in [3.05, 3.63) is 66.5 Å². The van der Waals surface area contributed by atoms with Gasteiger partial charge in [-0.3, -0.25) is 4.57 Å². The average molecular weight is 370 g/mol. The molecule has 2 aromatic carbocycles. The summed E-state index contributed by atoms with van der Waals surface area (Å²) in [7, 11) is 0. The van der Waals surface area contributed by atoms with E-state index in [4.69, 9.17) is 5.73 Å². The van der Waals surface area contributed by atoms with Crippen LogP contribution in [0.5, 0.6) is 0 Å². The zero-order valence-electron chi connectivity index (χ0n) is 13.8. The van der Waals surface area contributed by atoms with Gasteiger partial charge in [0.25, 0.3) is 0 Å². The van der Waals surface area contributed by atoms with Crippen molar-refractivity contribution in [3.8, 4) is 5.69 Å². The second kappa shape index (κ2) is 6.27. The summed E-state index contributed by atoms with van der Waals surface area (Å²) >= 11 is 0. The molecule has 6 nitrogen and oxygen atoms in total. The molecule has 3 N–H and O–H groups in total. The van der Waals surface area contributed by atoms with E-state index < -0.39 is 11.7 Å².